The van der Waals surface area contributed by atoms with Crippen LogP contribution in [0, 0.1) is 0 Å². The van der Waals surface area contributed by atoms with E-state index in [0.717, 1.165) is 5.69 Å². The number of urea groups is 1. The summed E-state index contributed by atoms with van der Waals surface area (Å²) >= 11 is 0. The van der Waals surface area contributed by atoms with Crippen LogP contribution in [0.3, 0.4) is 0 Å². The van der Waals surface area contributed by atoms with Crippen LogP contribution < -0.4 is 5.32 Å². The van der Waals surface area contributed by atoms with E-state index in [1.165, 1.54) is 69.8 Å². The Balaban J connectivity index is 1.71. The molecule has 0 radical (unpaired) electrons. The van der Waals surface area contributed by atoms with Gasteiger partial charge >= 0.3 is 6.03 Å². The van der Waals surface area contributed by atoms with E-state index in [1.54, 1.807) is 0 Å². The SMILES string of the molecule is CC(C)c1ccc(NC(=O)N(C2CCCCC2)C2CCCCC2)cc1. The number of benzene rings is 1. The Morgan fingerprint density at radius 3 is 1.80 bits per heavy atom. The van der Waals surface area contributed by atoms with Gasteiger partial charge in [0.15, 0.2) is 0 Å². The summed E-state index contributed by atoms with van der Waals surface area (Å²) in [5, 5.41) is 3.19. The van der Waals surface area contributed by atoms with Crippen molar-refractivity contribution in [1.82, 2.24) is 4.90 Å². The average molecular weight is 343 g/mol. The highest BCUT2D eigenvalue weighted by Crippen LogP contribution is 2.31. The molecular formula is C22H34N2O. The van der Waals surface area contributed by atoms with E-state index in [2.05, 4.69) is 36.2 Å². The van der Waals surface area contributed by atoms with Crippen LogP contribution in [0.2, 0.25) is 0 Å². The van der Waals surface area contributed by atoms with Crippen LogP contribution in [0.5, 0.6) is 0 Å². The number of nitrogens with zero attached hydrogens (tertiary/aromatic N) is 1. The molecule has 2 saturated carbocycles. The zero-order valence-electron chi connectivity index (χ0n) is 16.0. The first-order chi connectivity index (χ1) is 12.1. The molecule has 0 atom stereocenters. The monoisotopic (exact) mass is 342 g/mol. The molecule has 3 rings (SSSR count). The second-order valence-electron chi connectivity index (χ2n) is 8.20. The number of carbonyl (C=O) groups is 1. The summed E-state index contributed by atoms with van der Waals surface area (Å²) in [4.78, 5) is 15.4. The summed E-state index contributed by atoms with van der Waals surface area (Å²) in [6.45, 7) is 4.39. The normalized spacial score (nSPS) is 19.8. The van der Waals surface area contributed by atoms with Crippen molar-refractivity contribution in [3.8, 4) is 0 Å². The van der Waals surface area contributed by atoms with E-state index in [-0.39, 0.29) is 6.03 Å². The van der Waals surface area contributed by atoms with Gasteiger partial charge in [-0.25, -0.2) is 4.79 Å². The Bertz CT molecular complexity index is 522. The molecule has 1 aromatic rings. The van der Waals surface area contributed by atoms with Gasteiger partial charge in [-0.2, -0.15) is 0 Å². The zero-order valence-corrected chi connectivity index (χ0v) is 16.0. The molecule has 0 aliphatic heterocycles. The summed E-state index contributed by atoms with van der Waals surface area (Å²) in [7, 11) is 0. The van der Waals surface area contributed by atoms with Crippen LogP contribution in [0.4, 0.5) is 10.5 Å². The van der Waals surface area contributed by atoms with Gasteiger partial charge in [-0.05, 0) is 49.3 Å². The lowest BCUT2D eigenvalue weighted by molar-refractivity contribution is 0.114. The molecule has 0 saturated heterocycles. The molecule has 138 valence electrons. The minimum absolute atomic E-state index is 0.121. The van der Waals surface area contributed by atoms with Gasteiger partial charge in [-0.1, -0.05) is 64.5 Å². The fourth-order valence-corrected chi connectivity index (χ4v) is 4.49. The predicted octanol–water partition coefficient (Wildman–Crippen LogP) is 6.31. The minimum atomic E-state index is 0.121. The highest BCUT2D eigenvalue weighted by molar-refractivity contribution is 5.89. The van der Waals surface area contributed by atoms with Crippen molar-refractivity contribution < 1.29 is 4.79 Å². The third kappa shape index (κ3) is 4.77. The van der Waals surface area contributed by atoms with Crippen LogP contribution in [0.1, 0.15) is 89.5 Å². The molecule has 25 heavy (non-hydrogen) atoms. The van der Waals surface area contributed by atoms with E-state index in [0.29, 0.717) is 18.0 Å². The number of hydrogen-bond donors (Lipinski definition) is 1. The molecule has 0 aromatic heterocycles. The second-order valence-corrected chi connectivity index (χ2v) is 8.20. The van der Waals surface area contributed by atoms with Crippen molar-refractivity contribution >= 4 is 11.7 Å². The lowest BCUT2D eigenvalue weighted by Crippen LogP contribution is -2.50. The number of carbonyl (C=O) groups excluding carboxylic acids is 1. The van der Waals surface area contributed by atoms with Crippen LogP contribution in [0.25, 0.3) is 0 Å². The van der Waals surface area contributed by atoms with E-state index < -0.39 is 0 Å². The van der Waals surface area contributed by atoms with Gasteiger partial charge in [0.25, 0.3) is 0 Å². The topological polar surface area (TPSA) is 32.3 Å². The molecular weight excluding hydrogens is 308 g/mol. The van der Waals surface area contributed by atoms with Crippen LogP contribution in [0.15, 0.2) is 24.3 Å². The first-order valence-electron chi connectivity index (χ1n) is 10.3. The molecule has 0 unspecified atom stereocenters. The average Bonchev–Trinajstić information content (AvgIpc) is 2.64. The van der Waals surface area contributed by atoms with E-state index in [9.17, 15) is 4.79 Å². The standard InChI is InChI=1S/C22H34N2O/c1-17(2)18-13-15-19(16-14-18)23-22(25)24(20-9-5-3-6-10-20)21-11-7-4-8-12-21/h13-17,20-21H,3-12H2,1-2H3,(H,23,25). The van der Waals surface area contributed by atoms with E-state index >= 15 is 0 Å². The Morgan fingerprint density at radius 2 is 1.36 bits per heavy atom. The number of anilines is 1. The van der Waals surface area contributed by atoms with Gasteiger partial charge in [-0.15, -0.1) is 0 Å². The number of amides is 2. The molecule has 2 fully saturated rings. The fraction of sp³-hybridized carbons (Fsp3) is 0.682. The fourth-order valence-electron chi connectivity index (χ4n) is 4.49. The summed E-state index contributed by atoms with van der Waals surface area (Å²) in [5.41, 5.74) is 2.24. The Morgan fingerprint density at radius 1 is 0.880 bits per heavy atom. The number of hydrogen-bond acceptors (Lipinski definition) is 1. The molecule has 1 N–H and O–H groups in total. The van der Waals surface area contributed by atoms with Crippen LogP contribution >= 0.6 is 0 Å². The second kappa shape index (κ2) is 8.73. The smallest absolute Gasteiger partial charge is 0.319 e. The van der Waals surface area contributed by atoms with E-state index in [4.69, 9.17) is 0 Å². The van der Waals surface area contributed by atoms with Gasteiger partial charge in [0.1, 0.15) is 0 Å². The zero-order chi connectivity index (χ0) is 17.6. The first-order valence-corrected chi connectivity index (χ1v) is 10.3. The summed E-state index contributed by atoms with van der Waals surface area (Å²) in [5.74, 6) is 0.519. The number of nitrogens with one attached hydrogen (secondary N) is 1. The minimum Gasteiger partial charge on any atom is -0.319 e. The highest BCUT2D eigenvalue weighted by atomic mass is 16.2. The van der Waals surface area contributed by atoms with Gasteiger partial charge in [0.2, 0.25) is 0 Å². The lowest BCUT2D eigenvalue weighted by atomic mass is 9.89. The van der Waals surface area contributed by atoms with Gasteiger partial charge < -0.3 is 10.2 Å². The molecule has 2 amide bonds. The van der Waals surface area contributed by atoms with Gasteiger partial charge in [0.05, 0.1) is 0 Å². The van der Waals surface area contributed by atoms with Gasteiger partial charge in [-0.3, -0.25) is 0 Å². The van der Waals surface area contributed by atoms with Crippen molar-refractivity contribution in [3.05, 3.63) is 29.8 Å². The maximum Gasteiger partial charge on any atom is 0.322 e. The largest absolute Gasteiger partial charge is 0.322 e. The number of rotatable bonds is 4. The molecule has 0 heterocycles. The molecule has 3 nitrogen and oxygen atoms in total. The lowest BCUT2D eigenvalue weighted by Gasteiger charge is -2.41. The van der Waals surface area contributed by atoms with Crippen LogP contribution in [-0.2, 0) is 0 Å². The van der Waals surface area contributed by atoms with E-state index in [1.807, 2.05) is 12.1 Å². The van der Waals surface area contributed by atoms with Crippen molar-refractivity contribution in [2.75, 3.05) is 5.32 Å². The predicted molar refractivity (Wildman–Crippen MR) is 105 cm³/mol. The third-order valence-electron chi connectivity index (χ3n) is 6.00. The van der Waals surface area contributed by atoms with Crippen LogP contribution in [-0.4, -0.2) is 23.0 Å². The summed E-state index contributed by atoms with van der Waals surface area (Å²) in [6, 6.07) is 9.35. The van der Waals surface area contributed by atoms with Crippen molar-refractivity contribution in [2.45, 2.75) is 96.1 Å². The van der Waals surface area contributed by atoms with Crippen molar-refractivity contribution in [2.24, 2.45) is 0 Å². The molecule has 1 aromatic carbocycles. The molecule has 0 bridgehead atoms. The first kappa shape index (κ1) is 18.3. The molecule has 3 heteroatoms. The highest BCUT2D eigenvalue weighted by Gasteiger charge is 2.32. The molecule has 2 aliphatic carbocycles. The van der Waals surface area contributed by atoms with Crippen molar-refractivity contribution in [3.63, 3.8) is 0 Å². The quantitative estimate of drug-likeness (QED) is 0.683. The Hall–Kier alpha value is -1.51. The van der Waals surface area contributed by atoms with Crippen molar-refractivity contribution in [1.29, 1.82) is 0 Å². The van der Waals surface area contributed by atoms with Gasteiger partial charge in [0, 0.05) is 17.8 Å². The maximum absolute atomic E-state index is 13.1. The summed E-state index contributed by atoms with van der Waals surface area (Å²) < 4.78 is 0. The third-order valence-corrected chi connectivity index (χ3v) is 6.00. The Labute approximate surface area is 153 Å². The molecule has 2 aliphatic rings. The summed E-state index contributed by atoms with van der Waals surface area (Å²) in [6.07, 6.45) is 12.4. The maximum atomic E-state index is 13.1. The molecule has 0 spiro atoms. The Kier molecular flexibility index (Phi) is 6.39.